The van der Waals surface area contributed by atoms with E-state index in [0.29, 0.717) is 23.1 Å². The summed E-state index contributed by atoms with van der Waals surface area (Å²) in [5.41, 5.74) is 4.49. The summed E-state index contributed by atoms with van der Waals surface area (Å²) in [6.45, 7) is 2.50. The van der Waals surface area contributed by atoms with Crippen molar-refractivity contribution in [2.45, 2.75) is 13.5 Å². The van der Waals surface area contributed by atoms with E-state index in [1.54, 1.807) is 24.5 Å². The number of aromatic nitrogens is 2. The van der Waals surface area contributed by atoms with Crippen LogP contribution in [0.3, 0.4) is 0 Å². The van der Waals surface area contributed by atoms with Crippen LogP contribution in [0.25, 0.3) is 11.3 Å². The number of benzene rings is 2. The summed E-state index contributed by atoms with van der Waals surface area (Å²) in [6, 6.07) is 19.1. The second kappa shape index (κ2) is 8.67. The van der Waals surface area contributed by atoms with Gasteiger partial charge in [0.2, 0.25) is 0 Å². The molecule has 0 saturated heterocycles. The van der Waals surface area contributed by atoms with Crippen LogP contribution in [0.1, 0.15) is 21.5 Å². The standard InChI is InChI=1S/C23H19N3O2S/c1-16-5-2-6-17(11-16)14-28-20-9-3-7-18(12-20)22(27)26-23-25-21(15-29-23)19-8-4-10-24-13-19/h2-13,15H,14H2,1H3,(H,25,26,27). The SMILES string of the molecule is Cc1cccc(COc2cccc(C(=O)Nc3nc(-c4cccnc4)cs3)c2)c1. The molecule has 0 aliphatic rings. The first-order valence-corrected chi connectivity index (χ1v) is 10.0. The van der Waals surface area contributed by atoms with Crippen LogP contribution in [0.2, 0.25) is 0 Å². The van der Waals surface area contributed by atoms with E-state index in [1.165, 1.54) is 16.9 Å². The quantitative estimate of drug-likeness (QED) is 0.473. The van der Waals surface area contributed by atoms with Gasteiger partial charge in [-0.1, -0.05) is 35.9 Å². The Bertz CT molecular complexity index is 1130. The maximum absolute atomic E-state index is 12.6. The van der Waals surface area contributed by atoms with Gasteiger partial charge in [0.05, 0.1) is 5.69 Å². The van der Waals surface area contributed by atoms with Crippen LogP contribution in [-0.4, -0.2) is 15.9 Å². The van der Waals surface area contributed by atoms with Gasteiger partial charge in [0.25, 0.3) is 5.91 Å². The van der Waals surface area contributed by atoms with Crippen LogP contribution in [0.4, 0.5) is 5.13 Å². The molecule has 1 amide bonds. The molecule has 2 heterocycles. The predicted molar refractivity (Wildman–Crippen MR) is 115 cm³/mol. The van der Waals surface area contributed by atoms with Crippen molar-refractivity contribution in [2.24, 2.45) is 0 Å². The first-order valence-electron chi connectivity index (χ1n) is 9.13. The summed E-state index contributed by atoms with van der Waals surface area (Å²) in [6.07, 6.45) is 3.46. The monoisotopic (exact) mass is 401 g/mol. The summed E-state index contributed by atoms with van der Waals surface area (Å²) >= 11 is 1.38. The third kappa shape index (κ3) is 4.86. The Kier molecular flexibility index (Phi) is 5.63. The van der Waals surface area contributed by atoms with Crippen molar-refractivity contribution in [3.63, 3.8) is 0 Å². The zero-order valence-corrected chi connectivity index (χ0v) is 16.6. The highest BCUT2D eigenvalue weighted by Gasteiger charge is 2.11. The van der Waals surface area contributed by atoms with Crippen molar-refractivity contribution in [3.05, 3.63) is 95.1 Å². The molecule has 1 N–H and O–H groups in total. The van der Waals surface area contributed by atoms with E-state index >= 15 is 0 Å². The number of anilines is 1. The number of carbonyl (C=O) groups excluding carboxylic acids is 1. The molecule has 0 aliphatic carbocycles. The van der Waals surface area contributed by atoms with Crippen LogP contribution < -0.4 is 10.1 Å². The van der Waals surface area contributed by atoms with Gasteiger partial charge < -0.3 is 4.74 Å². The molecule has 0 spiro atoms. The van der Waals surface area contributed by atoms with Crippen LogP contribution in [0.5, 0.6) is 5.75 Å². The molecule has 0 saturated carbocycles. The maximum Gasteiger partial charge on any atom is 0.257 e. The molecule has 0 unspecified atom stereocenters. The van der Waals surface area contributed by atoms with Gasteiger partial charge in [-0.05, 0) is 42.8 Å². The average Bonchev–Trinajstić information content (AvgIpc) is 3.22. The summed E-state index contributed by atoms with van der Waals surface area (Å²) < 4.78 is 5.85. The molecule has 0 aliphatic heterocycles. The zero-order valence-electron chi connectivity index (χ0n) is 15.8. The molecule has 144 valence electrons. The fourth-order valence-corrected chi connectivity index (χ4v) is 3.56. The molecule has 0 radical (unpaired) electrons. The summed E-state index contributed by atoms with van der Waals surface area (Å²) in [5, 5.41) is 5.29. The minimum Gasteiger partial charge on any atom is -0.489 e. The van der Waals surface area contributed by atoms with Crippen molar-refractivity contribution in [1.29, 1.82) is 0 Å². The first-order chi connectivity index (χ1) is 14.2. The fourth-order valence-electron chi connectivity index (χ4n) is 2.84. The van der Waals surface area contributed by atoms with Crippen molar-refractivity contribution < 1.29 is 9.53 Å². The van der Waals surface area contributed by atoms with E-state index < -0.39 is 0 Å². The normalized spacial score (nSPS) is 10.5. The Morgan fingerprint density at radius 1 is 1.10 bits per heavy atom. The number of amides is 1. The van der Waals surface area contributed by atoms with Gasteiger partial charge in [0.1, 0.15) is 12.4 Å². The first kappa shape index (κ1) is 18.8. The minimum absolute atomic E-state index is 0.224. The number of aryl methyl sites for hydroxylation is 1. The number of ether oxygens (including phenoxy) is 1. The highest BCUT2D eigenvalue weighted by atomic mass is 32.1. The molecule has 6 heteroatoms. The smallest absolute Gasteiger partial charge is 0.257 e. The number of thiazole rings is 1. The molecule has 0 fully saturated rings. The molecule has 0 atom stereocenters. The van der Waals surface area contributed by atoms with Gasteiger partial charge in [0.15, 0.2) is 5.13 Å². The Morgan fingerprint density at radius 3 is 2.83 bits per heavy atom. The number of pyridine rings is 1. The molecule has 0 bridgehead atoms. The molecular formula is C23H19N3O2S. The minimum atomic E-state index is -0.224. The van der Waals surface area contributed by atoms with Crippen LogP contribution in [0.15, 0.2) is 78.4 Å². The van der Waals surface area contributed by atoms with Gasteiger partial charge in [-0.15, -0.1) is 11.3 Å². The number of hydrogen-bond donors (Lipinski definition) is 1. The largest absolute Gasteiger partial charge is 0.489 e. The third-order valence-corrected chi connectivity index (χ3v) is 5.02. The van der Waals surface area contributed by atoms with E-state index in [1.807, 2.05) is 54.8 Å². The van der Waals surface area contributed by atoms with E-state index in [9.17, 15) is 4.79 Å². The highest BCUT2D eigenvalue weighted by Crippen LogP contribution is 2.25. The van der Waals surface area contributed by atoms with E-state index in [0.717, 1.165) is 16.8 Å². The third-order valence-electron chi connectivity index (χ3n) is 4.27. The molecule has 2 aromatic heterocycles. The van der Waals surface area contributed by atoms with Crippen molar-refractivity contribution in [1.82, 2.24) is 9.97 Å². The lowest BCUT2D eigenvalue weighted by Crippen LogP contribution is -2.11. The molecule has 2 aromatic carbocycles. The molecule has 5 nitrogen and oxygen atoms in total. The Hall–Kier alpha value is -3.51. The average molecular weight is 401 g/mol. The van der Waals surface area contributed by atoms with E-state index in [2.05, 4.69) is 21.4 Å². The van der Waals surface area contributed by atoms with E-state index in [-0.39, 0.29) is 5.91 Å². The summed E-state index contributed by atoms with van der Waals surface area (Å²) in [7, 11) is 0. The molecule has 4 rings (SSSR count). The van der Waals surface area contributed by atoms with Crippen LogP contribution in [-0.2, 0) is 6.61 Å². The van der Waals surface area contributed by atoms with E-state index in [4.69, 9.17) is 4.74 Å². The fraction of sp³-hybridized carbons (Fsp3) is 0.0870. The molecule has 4 aromatic rings. The second-order valence-electron chi connectivity index (χ2n) is 6.54. The lowest BCUT2D eigenvalue weighted by molar-refractivity contribution is 0.102. The Labute approximate surface area is 173 Å². The lowest BCUT2D eigenvalue weighted by atomic mass is 10.1. The van der Waals surface area contributed by atoms with Crippen molar-refractivity contribution in [2.75, 3.05) is 5.32 Å². The van der Waals surface area contributed by atoms with Gasteiger partial charge >= 0.3 is 0 Å². The number of rotatable bonds is 6. The molecule has 29 heavy (non-hydrogen) atoms. The van der Waals surface area contributed by atoms with Gasteiger partial charge in [-0.3, -0.25) is 15.1 Å². The van der Waals surface area contributed by atoms with Gasteiger partial charge in [-0.2, -0.15) is 0 Å². The zero-order chi connectivity index (χ0) is 20.1. The van der Waals surface area contributed by atoms with Gasteiger partial charge in [0, 0.05) is 28.9 Å². The van der Waals surface area contributed by atoms with Crippen LogP contribution >= 0.6 is 11.3 Å². The summed E-state index contributed by atoms with van der Waals surface area (Å²) in [5.74, 6) is 0.424. The summed E-state index contributed by atoms with van der Waals surface area (Å²) in [4.78, 5) is 21.2. The second-order valence-corrected chi connectivity index (χ2v) is 7.40. The topological polar surface area (TPSA) is 64.1 Å². The van der Waals surface area contributed by atoms with Crippen LogP contribution in [0, 0.1) is 6.92 Å². The highest BCUT2D eigenvalue weighted by molar-refractivity contribution is 7.14. The van der Waals surface area contributed by atoms with Crippen molar-refractivity contribution in [3.8, 4) is 17.0 Å². The Balaban J connectivity index is 1.41. The van der Waals surface area contributed by atoms with Crippen molar-refractivity contribution >= 4 is 22.4 Å². The Morgan fingerprint density at radius 2 is 2.00 bits per heavy atom. The maximum atomic E-state index is 12.6. The molecular weight excluding hydrogens is 382 g/mol. The number of nitrogens with one attached hydrogen (secondary N) is 1. The van der Waals surface area contributed by atoms with Gasteiger partial charge in [-0.25, -0.2) is 4.98 Å². The number of carbonyl (C=O) groups is 1. The lowest BCUT2D eigenvalue weighted by Gasteiger charge is -2.08. The predicted octanol–water partition coefficient (Wildman–Crippen LogP) is 5.34. The number of nitrogens with zero attached hydrogens (tertiary/aromatic N) is 2. The number of hydrogen-bond acceptors (Lipinski definition) is 5.